The molecule has 0 aliphatic rings. The summed E-state index contributed by atoms with van der Waals surface area (Å²) in [6.07, 6.45) is 7.58. The van der Waals surface area contributed by atoms with E-state index >= 15 is 0 Å². The van der Waals surface area contributed by atoms with Gasteiger partial charge >= 0.3 is 0 Å². The number of rotatable bonds is 9. The molecule has 0 aromatic heterocycles. The first-order valence-electron chi connectivity index (χ1n) is 7.18. The molecule has 2 N–H and O–H groups in total. The number of thiocarbonyl (C=S) groups is 1. The van der Waals surface area contributed by atoms with E-state index in [-0.39, 0.29) is 0 Å². The molecular formula is C16H25NOS. The normalized spacial score (nSPS) is 10.4. The monoisotopic (exact) mass is 279 g/mol. The second-order valence-corrected chi connectivity index (χ2v) is 5.42. The van der Waals surface area contributed by atoms with E-state index in [4.69, 9.17) is 22.7 Å². The molecule has 0 fully saturated rings. The van der Waals surface area contributed by atoms with Crippen LogP contribution in [-0.2, 0) is 0 Å². The number of ether oxygens (including phenoxy) is 1. The van der Waals surface area contributed by atoms with E-state index in [2.05, 4.69) is 6.92 Å². The second kappa shape index (κ2) is 8.92. The molecule has 0 bridgehead atoms. The Morgan fingerprint density at radius 3 is 2.53 bits per heavy atom. The standard InChI is InChI=1S/C16H25NOS/c1-3-4-5-6-7-8-11-18-15-12-13(2)9-10-14(15)16(17)19/h9-10,12H,3-8,11H2,1-2H3,(H2,17,19). The van der Waals surface area contributed by atoms with Crippen LogP contribution in [0.15, 0.2) is 18.2 Å². The van der Waals surface area contributed by atoms with Crippen molar-refractivity contribution in [3.63, 3.8) is 0 Å². The van der Waals surface area contributed by atoms with Crippen molar-refractivity contribution in [2.75, 3.05) is 6.61 Å². The number of benzene rings is 1. The van der Waals surface area contributed by atoms with E-state index in [0.717, 1.165) is 29.9 Å². The summed E-state index contributed by atoms with van der Waals surface area (Å²) in [5.41, 5.74) is 7.71. The summed E-state index contributed by atoms with van der Waals surface area (Å²) in [6, 6.07) is 5.95. The van der Waals surface area contributed by atoms with Gasteiger partial charge < -0.3 is 10.5 Å². The molecule has 0 aliphatic heterocycles. The fraction of sp³-hybridized carbons (Fsp3) is 0.562. The molecule has 19 heavy (non-hydrogen) atoms. The Morgan fingerprint density at radius 2 is 1.84 bits per heavy atom. The van der Waals surface area contributed by atoms with Gasteiger partial charge in [-0.1, -0.05) is 57.3 Å². The van der Waals surface area contributed by atoms with Crippen molar-refractivity contribution in [2.24, 2.45) is 5.73 Å². The van der Waals surface area contributed by atoms with Crippen molar-refractivity contribution in [3.05, 3.63) is 29.3 Å². The third-order valence-electron chi connectivity index (χ3n) is 3.16. The Balaban J connectivity index is 2.36. The lowest BCUT2D eigenvalue weighted by atomic mass is 10.1. The van der Waals surface area contributed by atoms with Crippen LogP contribution in [0.25, 0.3) is 0 Å². The Bertz CT molecular complexity index is 404. The van der Waals surface area contributed by atoms with Crippen LogP contribution < -0.4 is 10.5 Å². The van der Waals surface area contributed by atoms with Gasteiger partial charge in [0.25, 0.3) is 0 Å². The lowest BCUT2D eigenvalue weighted by Gasteiger charge is -2.11. The number of hydrogen-bond acceptors (Lipinski definition) is 2. The summed E-state index contributed by atoms with van der Waals surface area (Å²) < 4.78 is 5.82. The van der Waals surface area contributed by atoms with Crippen molar-refractivity contribution >= 4 is 17.2 Å². The largest absolute Gasteiger partial charge is 0.493 e. The highest BCUT2D eigenvalue weighted by Gasteiger charge is 2.06. The minimum atomic E-state index is 0.401. The predicted octanol–water partition coefficient (Wildman–Crippen LogP) is 4.37. The van der Waals surface area contributed by atoms with E-state index in [1.807, 2.05) is 25.1 Å². The van der Waals surface area contributed by atoms with E-state index in [9.17, 15) is 0 Å². The molecule has 0 unspecified atom stereocenters. The zero-order valence-corrected chi connectivity index (χ0v) is 12.9. The van der Waals surface area contributed by atoms with Gasteiger partial charge in [-0.3, -0.25) is 0 Å². The topological polar surface area (TPSA) is 35.2 Å². The molecule has 3 heteroatoms. The van der Waals surface area contributed by atoms with Gasteiger partial charge in [0.1, 0.15) is 10.7 Å². The van der Waals surface area contributed by atoms with E-state index in [1.54, 1.807) is 0 Å². The van der Waals surface area contributed by atoms with Gasteiger partial charge in [-0.05, 0) is 31.0 Å². The molecule has 0 spiro atoms. The Kier molecular flexibility index (Phi) is 7.49. The predicted molar refractivity (Wildman–Crippen MR) is 85.9 cm³/mol. The Morgan fingerprint density at radius 1 is 1.16 bits per heavy atom. The summed E-state index contributed by atoms with van der Waals surface area (Å²) in [6.45, 7) is 5.02. The molecule has 1 rings (SSSR count). The van der Waals surface area contributed by atoms with E-state index in [1.165, 1.54) is 32.1 Å². The molecule has 0 amide bonds. The molecule has 0 saturated heterocycles. The lowest BCUT2D eigenvalue weighted by Crippen LogP contribution is -2.12. The minimum absolute atomic E-state index is 0.401. The summed E-state index contributed by atoms with van der Waals surface area (Å²) in [4.78, 5) is 0.401. The van der Waals surface area contributed by atoms with Gasteiger partial charge in [0.2, 0.25) is 0 Å². The van der Waals surface area contributed by atoms with Gasteiger partial charge in [-0.15, -0.1) is 0 Å². The smallest absolute Gasteiger partial charge is 0.129 e. The van der Waals surface area contributed by atoms with Crippen LogP contribution in [0, 0.1) is 6.92 Å². The molecule has 106 valence electrons. The molecule has 1 aromatic rings. The molecule has 2 nitrogen and oxygen atoms in total. The lowest BCUT2D eigenvalue weighted by molar-refractivity contribution is 0.303. The maximum Gasteiger partial charge on any atom is 0.129 e. The zero-order chi connectivity index (χ0) is 14.1. The molecule has 0 radical (unpaired) electrons. The van der Waals surface area contributed by atoms with Crippen LogP contribution in [0.4, 0.5) is 0 Å². The van der Waals surface area contributed by atoms with Crippen LogP contribution in [0.2, 0.25) is 0 Å². The fourth-order valence-corrected chi connectivity index (χ4v) is 2.19. The number of hydrogen-bond donors (Lipinski definition) is 1. The minimum Gasteiger partial charge on any atom is -0.493 e. The van der Waals surface area contributed by atoms with E-state index < -0.39 is 0 Å². The maximum absolute atomic E-state index is 5.82. The van der Waals surface area contributed by atoms with Crippen LogP contribution >= 0.6 is 12.2 Å². The highest BCUT2D eigenvalue weighted by atomic mass is 32.1. The number of aryl methyl sites for hydroxylation is 1. The van der Waals surface area contributed by atoms with E-state index in [0.29, 0.717) is 4.99 Å². The highest BCUT2D eigenvalue weighted by molar-refractivity contribution is 7.80. The van der Waals surface area contributed by atoms with Gasteiger partial charge in [0.15, 0.2) is 0 Å². The number of nitrogens with two attached hydrogens (primary N) is 1. The summed E-state index contributed by atoms with van der Waals surface area (Å²) in [5.74, 6) is 0.820. The van der Waals surface area contributed by atoms with Crippen LogP contribution in [-0.4, -0.2) is 11.6 Å². The van der Waals surface area contributed by atoms with Gasteiger partial charge in [0.05, 0.1) is 12.2 Å². The van der Waals surface area contributed by atoms with Crippen molar-refractivity contribution in [1.82, 2.24) is 0 Å². The third-order valence-corrected chi connectivity index (χ3v) is 3.38. The molecule has 1 aromatic carbocycles. The maximum atomic E-state index is 5.82. The Hall–Kier alpha value is -1.09. The fourth-order valence-electron chi connectivity index (χ4n) is 2.02. The quantitative estimate of drug-likeness (QED) is 0.538. The average molecular weight is 279 g/mol. The van der Waals surface area contributed by atoms with Crippen molar-refractivity contribution in [3.8, 4) is 5.75 Å². The summed E-state index contributed by atoms with van der Waals surface area (Å²) >= 11 is 5.04. The van der Waals surface area contributed by atoms with Gasteiger partial charge in [0, 0.05) is 0 Å². The first-order valence-corrected chi connectivity index (χ1v) is 7.59. The van der Waals surface area contributed by atoms with Crippen molar-refractivity contribution < 1.29 is 4.74 Å². The van der Waals surface area contributed by atoms with Crippen molar-refractivity contribution in [2.45, 2.75) is 52.4 Å². The SMILES string of the molecule is CCCCCCCCOc1cc(C)ccc1C(N)=S. The first kappa shape index (κ1) is 16.0. The second-order valence-electron chi connectivity index (χ2n) is 4.98. The van der Waals surface area contributed by atoms with Crippen molar-refractivity contribution in [1.29, 1.82) is 0 Å². The highest BCUT2D eigenvalue weighted by Crippen LogP contribution is 2.20. The molecule has 0 saturated carbocycles. The summed E-state index contributed by atoms with van der Waals surface area (Å²) in [7, 11) is 0. The average Bonchev–Trinajstić information content (AvgIpc) is 2.37. The van der Waals surface area contributed by atoms with Gasteiger partial charge in [-0.25, -0.2) is 0 Å². The molecule has 0 atom stereocenters. The first-order chi connectivity index (χ1) is 9.15. The number of unbranched alkanes of at least 4 members (excludes halogenated alkanes) is 5. The van der Waals surface area contributed by atoms with Crippen LogP contribution in [0.3, 0.4) is 0 Å². The van der Waals surface area contributed by atoms with Crippen LogP contribution in [0.1, 0.15) is 56.6 Å². The Labute approximate surface area is 122 Å². The zero-order valence-electron chi connectivity index (χ0n) is 12.1. The molecular weight excluding hydrogens is 254 g/mol. The summed E-state index contributed by atoms with van der Waals surface area (Å²) in [5, 5.41) is 0. The molecule has 0 heterocycles. The third kappa shape index (κ3) is 6.06. The molecule has 0 aliphatic carbocycles. The van der Waals surface area contributed by atoms with Crippen LogP contribution in [0.5, 0.6) is 5.75 Å². The van der Waals surface area contributed by atoms with Gasteiger partial charge in [-0.2, -0.15) is 0 Å².